The molecule has 0 saturated carbocycles. The second-order valence-corrected chi connectivity index (χ2v) is 5.36. The van der Waals surface area contributed by atoms with Gasteiger partial charge < -0.3 is 20.3 Å². The van der Waals surface area contributed by atoms with Crippen molar-refractivity contribution in [1.82, 2.24) is 10.6 Å². The molecule has 0 aliphatic carbocycles. The molecule has 1 aromatic carbocycles. The van der Waals surface area contributed by atoms with Crippen LogP contribution in [-0.2, 0) is 16.1 Å². The first-order valence-electron chi connectivity index (χ1n) is 6.48. The van der Waals surface area contributed by atoms with E-state index in [-0.39, 0.29) is 5.91 Å². The number of nitrogens with one attached hydrogen (secondary N) is 2. The highest BCUT2D eigenvalue weighted by molar-refractivity contribution is 9.10. The number of carbonyl (C=O) groups is 1. The first kappa shape index (κ1) is 16.9. The van der Waals surface area contributed by atoms with Crippen LogP contribution in [0.25, 0.3) is 0 Å². The summed E-state index contributed by atoms with van der Waals surface area (Å²) < 4.78 is 5.93. The van der Waals surface area contributed by atoms with Crippen LogP contribution in [0.1, 0.15) is 5.56 Å². The largest absolute Gasteiger partial charge is 0.383 e. The van der Waals surface area contributed by atoms with Gasteiger partial charge in [0.25, 0.3) is 0 Å². The highest BCUT2D eigenvalue weighted by Crippen LogP contribution is 2.23. The Bertz CT molecular complexity index is 440. The SMILES string of the molecule is CNCc1ccc(N(C)CC(=O)NCCOC)cc1Br. The Morgan fingerprint density at radius 1 is 1.45 bits per heavy atom. The molecule has 1 amide bonds. The first-order valence-corrected chi connectivity index (χ1v) is 7.27. The van der Waals surface area contributed by atoms with Crippen LogP contribution >= 0.6 is 15.9 Å². The van der Waals surface area contributed by atoms with Crippen LogP contribution < -0.4 is 15.5 Å². The van der Waals surface area contributed by atoms with Crippen LogP contribution in [0.3, 0.4) is 0 Å². The number of anilines is 1. The Morgan fingerprint density at radius 2 is 2.20 bits per heavy atom. The van der Waals surface area contributed by atoms with Crippen molar-refractivity contribution in [3.05, 3.63) is 28.2 Å². The molecule has 0 spiro atoms. The Balaban J connectivity index is 2.56. The van der Waals surface area contributed by atoms with Crippen molar-refractivity contribution < 1.29 is 9.53 Å². The number of hydrogen-bond donors (Lipinski definition) is 2. The third kappa shape index (κ3) is 5.48. The van der Waals surface area contributed by atoms with Gasteiger partial charge in [-0.2, -0.15) is 0 Å². The quantitative estimate of drug-likeness (QED) is 0.700. The summed E-state index contributed by atoms with van der Waals surface area (Å²) in [4.78, 5) is 13.6. The van der Waals surface area contributed by atoms with E-state index in [9.17, 15) is 4.79 Å². The third-order valence-electron chi connectivity index (χ3n) is 2.85. The summed E-state index contributed by atoms with van der Waals surface area (Å²) in [5, 5.41) is 5.92. The van der Waals surface area contributed by atoms with Crippen LogP contribution in [0, 0.1) is 0 Å². The van der Waals surface area contributed by atoms with Crippen LogP contribution in [0.2, 0.25) is 0 Å². The molecule has 0 bridgehead atoms. The molecule has 5 nitrogen and oxygen atoms in total. The van der Waals surface area contributed by atoms with Crippen molar-refractivity contribution >= 4 is 27.5 Å². The molecule has 0 heterocycles. The van der Waals surface area contributed by atoms with Crippen molar-refractivity contribution in [3.63, 3.8) is 0 Å². The van der Waals surface area contributed by atoms with Gasteiger partial charge in [0.1, 0.15) is 0 Å². The molecule has 0 radical (unpaired) electrons. The zero-order chi connectivity index (χ0) is 15.0. The molecule has 112 valence electrons. The van der Waals surface area contributed by atoms with Crippen molar-refractivity contribution in [1.29, 1.82) is 0 Å². The van der Waals surface area contributed by atoms with Gasteiger partial charge >= 0.3 is 0 Å². The van der Waals surface area contributed by atoms with Gasteiger partial charge in [0.2, 0.25) is 5.91 Å². The van der Waals surface area contributed by atoms with E-state index < -0.39 is 0 Å². The average molecular weight is 344 g/mol. The molecule has 1 rings (SSSR count). The van der Waals surface area contributed by atoms with Crippen molar-refractivity contribution in [2.45, 2.75) is 6.54 Å². The molecule has 0 atom stereocenters. The standard InChI is InChI=1S/C14H22BrN3O2/c1-16-9-11-4-5-12(8-13(11)15)18(2)10-14(19)17-6-7-20-3/h4-5,8,16H,6-7,9-10H2,1-3H3,(H,17,19). The molecule has 0 unspecified atom stereocenters. The molecular weight excluding hydrogens is 322 g/mol. The molecule has 6 heteroatoms. The maximum Gasteiger partial charge on any atom is 0.239 e. The smallest absolute Gasteiger partial charge is 0.239 e. The van der Waals surface area contributed by atoms with E-state index in [1.54, 1.807) is 7.11 Å². The number of benzene rings is 1. The number of rotatable bonds is 8. The average Bonchev–Trinajstić information content (AvgIpc) is 2.41. The Labute approximate surface area is 128 Å². The Kier molecular flexibility index (Phi) is 7.58. The second-order valence-electron chi connectivity index (χ2n) is 4.50. The summed E-state index contributed by atoms with van der Waals surface area (Å²) in [6.07, 6.45) is 0. The van der Waals surface area contributed by atoms with E-state index >= 15 is 0 Å². The molecule has 1 aromatic rings. The monoisotopic (exact) mass is 343 g/mol. The molecule has 0 aliphatic heterocycles. The summed E-state index contributed by atoms with van der Waals surface area (Å²) in [6.45, 7) is 2.19. The van der Waals surface area contributed by atoms with Gasteiger partial charge in [-0.25, -0.2) is 0 Å². The number of carbonyl (C=O) groups excluding carboxylic acids is 1. The molecule has 0 aromatic heterocycles. The van der Waals surface area contributed by atoms with Crippen molar-refractivity contribution in [2.24, 2.45) is 0 Å². The van der Waals surface area contributed by atoms with E-state index in [0.29, 0.717) is 19.7 Å². The van der Waals surface area contributed by atoms with E-state index in [0.717, 1.165) is 16.7 Å². The Hall–Kier alpha value is -1.11. The fourth-order valence-corrected chi connectivity index (χ4v) is 2.27. The topological polar surface area (TPSA) is 53.6 Å². The normalized spacial score (nSPS) is 10.4. The summed E-state index contributed by atoms with van der Waals surface area (Å²) >= 11 is 3.55. The Morgan fingerprint density at radius 3 is 2.80 bits per heavy atom. The van der Waals surface area contributed by atoms with Crippen LogP contribution in [0.4, 0.5) is 5.69 Å². The number of nitrogens with zero attached hydrogens (tertiary/aromatic N) is 1. The van der Waals surface area contributed by atoms with Crippen LogP contribution in [0.15, 0.2) is 22.7 Å². The number of ether oxygens (including phenoxy) is 1. The minimum absolute atomic E-state index is 0.0139. The minimum Gasteiger partial charge on any atom is -0.383 e. The summed E-state index contributed by atoms with van der Waals surface area (Å²) in [5.74, 6) is -0.0139. The lowest BCUT2D eigenvalue weighted by Crippen LogP contribution is -2.36. The highest BCUT2D eigenvalue weighted by Gasteiger charge is 2.08. The fourth-order valence-electron chi connectivity index (χ4n) is 1.76. The number of likely N-dealkylation sites (N-methyl/N-ethyl adjacent to an activating group) is 1. The number of methoxy groups -OCH3 is 1. The summed E-state index contributed by atoms with van der Waals surface area (Å²) in [5.41, 5.74) is 2.19. The molecule has 0 saturated heterocycles. The minimum atomic E-state index is -0.0139. The van der Waals surface area contributed by atoms with Crippen molar-refractivity contribution in [3.8, 4) is 0 Å². The van der Waals surface area contributed by atoms with Gasteiger partial charge in [-0.1, -0.05) is 22.0 Å². The third-order valence-corrected chi connectivity index (χ3v) is 3.59. The van der Waals surface area contributed by atoms with E-state index in [4.69, 9.17) is 4.74 Å². The predicted octanol–water partition coefficient (Wildman–Crippen LogP) is 1.37. The van der Waals surface area contributed by atoms with Gasteiger partial charge in [0, 0.05) is 37.4 Å². The molecule has 0 fully saturated rings. The van der Waals surface area contributed by atoms with Gasteiger partial charge in [0.15, 0.2) is 0 Å². The lowest BCUT2D eigenvalue weighted by Gasteiger charge is -2.20. The zero-order valence-electron chi connectivity index (χ0n) is 12.2. The molecule has 20 heavy (non-hydrogen) atoms. The van der Waals surface area contributed by atoms with Gasteiger partial charge in [-0.3, -0.25) is 4.79 Å². The maximum absolute atomic E-state index is 11.7. The highest BCUT2D eigenvalue weighted by atomic mass is 79.9. The first-order chi connectivity index (χ1) is 9.58. The zero-order valence-corrected chi connectivity index (χ0v) is 13.8. The molecule has 0 aliphatic rings. The van der Waals surface area contributed by atoms with Crippen molar-refractivity contribution in [2.75, 3.05) is 45.8 Å². The lowest BCUT2D eigenvalue weighted by atomic mass is 10.2. The van der Waals surface area contributed by atoms with E-state index in [1.807, 2.05) is 31.1 Å². The van der Waals surface area contributed by atoms with Crippen LogP contribution in [-0.4, -0.2) is 46.8 Å². The van der Waals surface area contributed by atoms with E-state index in [1.165, 1.54) is 5.56 Å². The van der Waals surface area contributed by atoms with E-state index in [2.05, 4.69) is 32.6 Å². The molecule has 2 N–H and O–H groups in total. The summed E-state index contributed by atoms with van der Waals surface area (Å²) in [6, 6.07) is 6.09. The molecular formula is C14H22BrN3O2. The second kappa shape index (κ2) is 8.94. The number of hydrogen-bond acceptors (Lipinski definition) is 4. The predicted molar refractivity (Wildman–Crippen MR) is 85.1 cm³/mol. The fraction of sp³-hybridized carbons (Fsp3) is 0.500. The lowest BCUT2D eigenvalue weighted by molar-refractivity contribution is -0.119. The maximum atomic E-state index is 11.7. The van der Waals surface area contributed by atoms with Gasteiger partial charge in [-0.05, 0) is 24.7 Å². The van der Waals surface area contributed by atoms with Crippen LogP contribution in [0.5, 0.6) is 0 Å². The van der Waals surface area contributed by atoms with Gasteiger partial charge in [-0.15, -0.1) is 0 Å². The number of amides is 1. The number of halogens is 1. The van der Waals surface area contributed by atoms with Gasteiger partial charge in [0.05, 0.1) is 13.2 Å². The summed E-state index contributed by atoms with van der Waals surface area (Å²) in [7, 11) is 5.43.